The Labute approximate surface area is 125 Å². The third-order valence-electron chi connectivity index (χ3n) is 3.58. The third kappa shape index (κ3) is 3.97. The van der Waals surface area contributed by atoms with Gasteiger partial charge in [-0.3, -0.25) is 4.79 Å². The van der Waals surface area contributed by atoms with Gasteiger partial charge in [0, 0.05) is 19.6 Å². The Morgan fingerprint density at radius 2 is 1.95 bits per heavy atom. The first kappa shape index (κ1) is 15.4. The van der Waals surface area contributed by atoms with Crippen LogP contribution in [0.5, 0.6) is 0 Å². The molecule has 1 aromatic carbocycles. The normalized spacial score (nSPS) is 14.0. The zero-order chi connectivity index (χ0) is 15.4. The van der Waals surface area contributed by atoms with Crippen LogP contribution in [0, 0.1) is 5.92 Å². The molecule has 5 nitrogen and oxygen atoms in total. The number of carboxylic acid groups (broad SMARTS) is 1. The van der Waals surface area contributed by atoms with Gasteiger partial charge in [-0.1, -0.05) is 38.1 Å². The number of carbonyl (C=O) groups excluding carboxylic acids is 1. The molecule has 1 heterocycles. The van der Waals surface area contributed by atoms with Crippen molar-refractivity contribution in [3.63, 3.8) is 0 Å². The first-order valence-corrected chi connectivity index (χ1v) is 7.29. The van der Waals surface area contributed by atoms with Crippen LogP contribution in [0.2, 0.25) is 0 Å². The van der Waals surface area contributed by atoms with Gasteiger partial charge in [0.25, 0.3) is 0 Å². The Morgan fingerprint density at radius 3 is 2.57 bits per heavy atom. The highest BCUT2D eigenvalue weighted by Crippen LogP contribution is 2.19. The molecular weight excluding hydrogens is 268 g/mol. The molecule has 1 aromatic rings. The fraction of sp³-hybridized carbons (Fsp3) is 0.500. The maximum absolute atomic E-state index is 12.6. The molecule has 21 heavy (non-hydrogen) atoms. The summed E-state index contributed by atoms with van der Waals surface area (Å²) in [6.45, 7) is 5.38. The summed E-state index contributed by atoms with van der Waals surface area (Å²) in [6.07, 6.45) is 0.824. The molecule has 1 N–H and O–H groups in total. The number of fused-ring (bicyclic) bond motifs is 1. The highest BCUT2D eigenvalue weighted by atomic mass is 16.4. The van der Waals surface area contributed by atoms with Gasteiger partial charge in [-0.25, -0.2) is 4.79 Å². The summed E-state index contributed by atoms with van der Waals surface area (Å²) < 4.78 is 0. The number of nitrogens with zero attached hydrogens (tertiary/aromatic N) is 2. The van der Waals surface area contributed by atoms with Crippen LogP contribution in [-0.2, 0) is 17.8 Å². The van der Waals surface area contributed by atoms with Gasteiger partial charge in [-0.05, 0) is 23.5 Å². The van der Waals surface area contributed by atoms with Gasteiger partial charge < -0.3 is 14.9 Å². The van der Waals surface area contributed by atoms with Crippen molar-refractivity contribution in [3.8, 4) is 0 Å². The standard InChI is InChI=1S/C16H22N2O3/c1-12(2)9-18(11-15(19)20)16(21)17-8-7-13-5-3-4-6-14(13)10-17/h3-6,12H,7-11H2,1-2H3,(H,19,20). The smallest absolute Gasteiger partial charge is 0.323 e. The molecule has 2 rings (SSSR count). The van der Waals surface area contributed by atoms with Crippen molar-refractivity contribution < 1.29 is 14.7 Å². The van der Waals surface area contributed by atoms with Crippen molar-refractivity contribution in [1.29, 1.82) is 0 Å². The van der Waals surface area contributed by atoms with Crippen molar-refractivity contribution in [2.24, 2.45) is 5.92 Å². The molecule has 0 unspecified atom stereocenters. The lowest BCUT2D eigenvalue weighted by Crippen LogP contribution is -2.48. The molecule has 1 aliphatic rings. The fourth-order valence-electron chi connectivity index (χ4n) is 2.67. The number of carbonyl (C=O) groups is 2. The van der Waals surface area contributed by atoms with Crippen molar-refractivity contribution in [2.75, 3.05) is 19.6 Å². The molecule has 0 bridgehead atoms. The summed E-state index contributed by atoms with van der Waals surface area (Å²) in [7, 11) is 0. The average Bonchev–Trinajstić information content (AvgIpc) is 2.44. The Balaban J connectivity index is 2.09. The lowest BCUT2D eigenvalue weighted by atomic mass is 10.0. The van der Waals surface area contributed by atoms with E-state index in [1.165, 1.54) is 10.5 Å². The first-order valence-electron chi connectivity index (χ1n) is 7.29. The third-order valence-corrected chi connectivity index (χ3v) is 3.58. The number of benzene rings is 1. The van der Waals surface area contributed by atoms with E-state index in [0.29, 0.717) is 19.6 Å². The molecular formula is C16H22N2O3. The molecule has 0 radical (unpaired) electrons. The predicted molar refractivity (Wildman–Crippen MR) is 80.0 cm³/mol. The van der Waals surface area contributed by atoms with Crippen molar-refractivity contribution in [2.45, 2.75) is 26.8 Å². The number of amides is 2. The molecule has 1 aliphatic heterocycles. The van der Waals surface area contributed by atoms with Crippen LogP contribution in [-0.4, -0.2) is 46.5 Å². The van der Waals surface area contributed by atoms with Crippen LogP contribution >= 0.6 is 0 Å². The number of hydrogen-bond acceptors (Lipinski definition) is 2. The van der Waals surface area contributed by atoms with E-state index in [1.807, 2.05) is 32.0 Å². The summed E-state index contributed by atoms with van der Waals surface area (Å²) >= 11 is 0. The lowest BCUT2D eigenvalue weighted by molar-refractivity contribution is -0.137. The summed E-state index contributed by atoms with van der Waals surface area (Å²) in [5, 5.41) is 8.99. The second kappa shape index (κ2) is 6.61. The van der Waals surface area contributed by atoms with Gasteiger partial charge in [-0.2, -0.15) is 0 Å². The number of carboxylic acids is 1. The zero-order valence-corrected chi connectivity index (χ0v) is 12.6. The zero-order valence-electron chi connectivity index (χ0n) is 12.6. The molecule has 0 saturated carbocycles. The van der Waals surface area contributed by atoms with E-state index in [2.05, 4.69) is 6.07 Å². The number of aliphatic carboxylic acids is 1. The van der Waals surface area contributed by atoms with Gasteiger partial charge in [0.05, 0.1) is 0 Å². The maximum Gasteiger partial charge on any atom is 0.323 e. The molecule has 0 spiro atoms. The Kier molecular flexibility index (Phi) is 4.83. The Bertz CT molecular complexity index is 528. The predicted octanol–water partition coefficient (Wildman–Crippen LogP) is 2.21. The summed E-state index contributed by atoms with van der Waals surface area (Å²) in [6, 6.07) is 7.90. The minimum absolute atomic E-state index is 0.180. The van der Waals surface area contributed by atoms with Gasteiger partial charge >= 0.3 is 12.0 Å². The molecule has 0 fully saturated rings. The number of hydrogen-bond donors (Lipinski definition) is 1. The van der Waals surface area contributed by atoms with Crippen molar-refractivity contribution in [1.82, 2.24) is 9.80 Å². The van der Waals surface area contributed by atoms with Crippen LogP contribution in [0.4, 0.5) is 4.79 Å². The van der Waals surface area contributed by atoms with E-state index in [1.54, 1.807) is 4.90 Å². The Hall–Kier alpha value is -2.04. The largest absolute Gasteiger partial charge is 0.480 e. The molecule has 0 aromatic heterocycles. The molecule has 2 amide bonds. The Morgan fingerprint density at radius 1 is 1.29 bits per heavy atom. The molecule has 0 atom stereocenters. The quantitative estimate of drug-likeness (QED) is 0.925. The SMILES string of the molecule is CC(C)CN(CC(=O)O)C(=O)N1CCc2ccccc2C1. The van der Waals surface area contributed by atoms with E-state index in [-0.39, 0.29) is 18.5 Å². The van der Waals surface area contributed by atoms with E-state index in [4.69, 9.17) is 5.11 Å². The van der Waals surface area contributed by atoms with E-state index in [0.717, 1.165) is 12.0 Å². The van der Waals surface area contributed by atoms with Gasteiger partial charge in [0.1, 0.15) is 6.54 Å². The second-order valence-corrected chi connectivity index (χ2v) is 5.89. The van der Waals surface area contributed by atoms with E-state index >= 15 is 0 Å². The van der Waals surface area contributed by atoms with Crippen LogP contribution in [0.15, 0.2) is 24.3 Å². The van der Waals surface area contributed by atoms with Crippen LogP contribution < -0.4 is 0 Å². The van der Waals surface area contributed by atoms with Crippen molar-refractivity contribution in [3.05, 3.63) is 35.4 Å². The molecule has 0 saturated heterocycles. The highest BCUT2D eigenvalue weighted by molar-refractivity contribution is 5.80. The monoisotopic (exact) mass is 290 g/mol. The highest BCUT2D eigenvalue weighted by Gasteiger charge is 2.26. The lowest BCUT2D eigenvalue weighted by Gasteiger charge is -2.34. The number of rotatable bonds is 4. The molecule has 5 heteroatoms. The van der Waals surface area contributed by atoms with Gasteiger partial charge in [0.2, 0.25) is 0 Å². The van der Waals surface area contributed by atoms with Crippen LogP contribution in [0.1, 0.15) is 25.0 Å². The second-order valence-electron chi connectivity index (χ2n) is 5.89. The first-order chi connectivity index (χ1) is 9.97. The minimum atomic E-state index is -0.971. The fourth-order valence-corrected chi connectivity index (χ4v) is 2.67. The van der Waals surface area contributed by atoms with Crippen molar-refractivity contribution >= 4 is 12.0 Å². The van der Waals surface area contributed by atoms with Crippen LogP contribution in [0.25, 0.3) is 0 Å². The topological polar surface area (TPSA) is 60.9 Å². The number of urea groups is 1. The summed E-state index contributed by atoms with van der Waals surface area (Å²) in [4.78, 5) is 26.7. The average molecular weight is 290 g/mol. The maximum atomic E-state index is 12.6. The van der Waals surface area contributed by atoms with Gasteiger partial charge in [-0.15, -0.1) is 0 Å². The minimum Gasteiger partial charge on any atom is -0.480 e. The molecule has 114 valence electrons. The molecule has 0 aliphatic carbocycles. The van der Waals surface area contributed by atoms with Crippen LogP contribution in [0.3, 0.4) is 0 Å². The van der Waals surface area contributed by atoms with E-state index < -0.39 is 5.97 Å². The summed E-state index contributed by atoms with van der Waals surface area (Å²) in [5.74, 6) is -0.730. The summed E-state index contributed by atoms with van der Waals surface area (Å²) in [5.41, 5.74) is 2.42. The van der Waals surface area contributed by atoms with Gasteiger partial charge in [0.15, 0.2) is 0 Å². The van der Waals surface area contributed by atoms with E-state index in [9.17, 15) is 9.59 Å².